The molecule has 0 aliphatic carbocycles. The molecule has 0 radical (unpaired) electrons. The van der Waals surface area contributed by atoms with Crippen LogP contribution in [0.1, 0.15) is 53.4 Å². The van der Waals surface area contributed by atoms with Gasteiger partial charge in [0.1, 0.15) is 0 Å². The third-order valence-corrected chi connectivity index (χ3v) is 4.14. The molecule has 2 fully saturated rings. The molecule has 3 heteroatoms. The van der Waals surface area contributed by atoms with Gasteiger partial charge in [-0.2, -0.15) is 5.06 Å². The summed E-state index contributed by atoms with van der Waals surface area (Å²) in [4.78, 5) is 6.15. The minimum Gasteiger partial charge on any atom is -0.381 e. The minimum atomic E-state index is 0.154. The van der Waals surface area contributed by atoms with Gasteiger partial charge in [0.05, 0.1) is 13.2 Å². The van der Waals surface area contributed by atoms with Crippen molar-refractivity contribution in [2.45, 2.75) is 64.5 Å². The summed E-state index contributed by atoms with van der Waals surface area (Å²) in [5, 5.41) is 2.25. The van der Waals surface area contributed by atoms with Crippen molar-refractivity contribution in [3.8, 4) is 0 Å². The topological polar surface area (TPSA) is 21.7 Å². The fraction of sp³-hybridized carbons (Fsp3) is 1.00. The van der Waals surface area contributed by atoms with Gasteiger partial charge in [0.25, 0.3) is 0 Å². The number of rotatable bonds is 3. The van der Waals surface area contributed by atoms with Crippen LogP contribution in [0.4, 0.5) is 0 Å². The van der Waals surface area contributed by atoms with E-state index in [9.17, 15) is 0 Å². The van der Waals surface area contributed by atoms with Crippen molar-refractivity contribution in [1.29, 1.82) is 0 Å². The molecule has 100 valence electrons. The Kier molecular flexibility index (Phi) is 3.81. The molecule has 0 aromatic rings. The lowest BCUT2D eigenvalue weighted by Crippen LogP contribution is -2.58. The van der Waals surface area contributed by atoms with Gasteiger partial charge < -0.3 is 4.74 Å². The van der Waals surface area contributed by atoms with Gasteiger partial charge in [-0.05, 0) is 53.4 Å². The molecular weight excluding hydrogens is 214 g/mol. The summed E-state index contributed by atoms with van der Waals surface area (Å²) in [5.41, 5.74) is 0.308. The lowest BCUT2D eigenvalue weighted by atomic mass is 9.82. The maximum atomic E-state index is 6.15. The molecule has 2 aliphatic heterocycles. The first-order valence-electron chi connectivity index (χ1n) is 6.93. The Balaban J connectivity index is 1.94. The third-order valence-electron chi connectivity index (χ3n) is 4.14. The summed E-state index contributed by atoms with van der Waals surface area (Å²) in [6, 6.07) is 0. The quantitative estimate of drug-likeness (QED) is 0.758. The average molecular weight is 241 g/mol. The highest BCUT2D eigenvalue weighted by Gasteiger charge is 2.42. The van der Waals surface area contributed by atoms with E-state index >= 15 is 0 Å². The molecule has 0 spiro atoms. The van der Waals surface area contributed by atoms with Gasteiger partial charge in [-0.25, -0.2) is 0 Å². The Bertz CT molecular complexity index is 241. The zero-order valence-electron chi connectivity index (χ0n) is 11.8. The molecule has 17 heavy (non-hydrogen) atoms. The predicted molar refractivity (Wildman–Crippen MR) is 68.7 cm³/mol. The molecule has 0 bridgehead atoms. The zero-order valence-corrected chi connectivity index (χ0v) is 11.8. The van der Waals surface area contributed by atoms with Crippen LogP contribution < -0.4 is 0 Å². The first-order valence-corrected chi connectivity index (χ1v) is 6.93. The molecule has 2 heterocycles. The number of hydrogen-bond donors (Lipinski definition) is 0. The largest absolute Gasteiger partial charge is 0.381 e. The van der Waals surface area contributed by atoms with Gasteiger partial charge in [-0.3, -0.25) is 4.84 Å². The molecular formula is C14H27NO2. The fourth-order valence-electron chi connectivity index (χ4n) is 3.22. The van der Waals surface area contributed by atoms with Crippen LogP contribution in [-0.4, -0.2) is 36.0 Å². The van der Waals surface area contributed by atoms with E-state index in [1.54, 1.807) is 0 Å². The summed E-state index contributed by atoms with van der Waals surface area (Å²) in [6.07, 6.45) is 4.89. The Morgan fingerprint density at radius 1 is 1.18 bits per heavy atom. The molecule has 0 aromatic heterocycles. The summed E-state index contributed by atoms with van der Waals surface area (Å²) in [6.45, 7) is 11.7. The minimum absolute atomic E-state index is 0.154. The van der Waals surface area contributed by atoms with Crippen molar-refractivity contribution in [1.82, 2.24) is 5.06 Å². The second-order valence-corrected chi connectivity index (χ2v) is 6.80. The zero-order chi connectivity index (χ0) is 12.5. The summed E-state index contributed by atoms with van der Waals surface area (Å²) in [5.74, 6) is 0.587. The first kappa shape index (κ1) is 13.3. The van der Waals surface area contributed by atoms with Gasteiger partial charge in [-0.1, -0.05) is 0 Å². The van der Waals surface area contributed by atoms with E-state index < -0.39 is 0 Å². The fourth-order valence-corrected chi connectivity index (χ4v) is 3.22. The lowest BCUT2D eigenvalue weighted by molar-refractivity contribution is -0.285. The van der Waals surface area contributed by atoms with Crippen LogP contribution >= 0.6 is 0 Å². The molecule has 2 aliphatic rings. The van der Waals surface area contributed by atoms with E-state index in [0.29, 0.717) is 5.92 Å². The van der Waals surface area contributed by atoms with Crippen molar-refractivity contribution < 1.29 is 9.57 Å². The summed E-state index contributed by atoms with van der Waals surface area (Å²) >= 11 is 0. The van der Waals surface area contributed by atoms with E-state index in [1.165, 1.54) is 19.3 Å². The molecule has 2 rings (SSSR count). The first-order chi connectivity index (χ1) is 7.92. The Morgan fingerprint density at radius 2 is 1.82 bits per heavy atom. The lowest BCUT2D eigenvalue weighted by Gasteiger charge is -2.51. The number of piperidine rings is 1. The van der Waals surface area contributed by atoms with Crippen molar-refractivity contribution in [3.63, 3.8) is 0 Å². The Hall–Kier alpha value is -0.120. The van der Waals surface area contributed by atoms with Gasteiger partial charge >= 0.3 is 0 Å². The van der Waals surface area contributed by atoms with E-state index in [-0.39, 0.29) is 11.1 Å². The molecule has 1 atom stereocenters. The number of ether oxygens (including phenoxy) is 1. The van der Waals surface area contributed by atoms with Gasteiger partial charge in [-0.15, -0.1) is 0 Å². The van der Waals surface area contributed by atoms with Gasteiger partial charge in [0, 0.05) is 23.6 Å². The second-order valence-electron chi connectivity index (χ2n) is 6.80. The molecule has 0 N–H and O–H groups in total. The van der Waals surface area contributed by atoms with Crippen LogP contribution in [0, 0.1) is 5.92 Å². The third kappa shape index (κ3) is 3.01. The highest BCUT2D eigenvalue weighted by Crippen LogP contribution is 2.38. The van der Waals surface area contributed by atoms with E-state index in [1.807, 2.05) is 0 Å². The monoisotopic (exact) mass is 241 g/mol. The van der Waals surface area contributed by atoms with Crippen molar-refractivity contribution in [2.75, 3.05) is 19.8 Å². The number of hydroxylamine groups is 2. The molecule has 0 saturated carbocycles. The van der Waals surface area contributed by atoms with E-state index in [2.05, 4.69) is 32.8 Å². The molecule has 1 unspecified atom stereocenters. The second kappa shape index (κ2) is 4.87. The predicted octanol–water partition coefficient (Wildman–Crippen LogP) is 3.00. The number of nitrogens with zero attached hydrogens (tertiary/aromatic N) is 1. The van der Waals surface area contributed by atoms with Crippen LogP contribution in [0.15, 0.2) is 0 Å². The van der Waals surface area contributed by atoms with Crippen molar-refractivity contribution in [3.05, 3.63) is 0 Å². The standard InChI is InChI=1S/C14H27NO2/c1-13(2)7-5-8-14(3,4)15(13)17-11-12-6-9-16-10-12/h12H,5-11H2,1-4H3. The molecule has 0 aromatic carbocycles. The highest BCUT2D eigenvalue weighted by molar-refractivity contribution is 4.92. The van der Waals surface area contributed by atoms with Crippen LogP contribution in [0.5, 0.6) is 0 Å². The summed E-state index contributed by atoms with van der Waals surface area (Å²) < 4.78 is 5.40. The van der Waals surface area contributed by atoms with Crippen LogP contribution in [0.3, 0.4) is 0 Å². The number of hydrogen-bond acceptors (Lipinski definition) is 3. The van der Waals surface area contributed by atoms with Gasteiger partial charge in [0.15, 0.2) is 0 Å². The van der Waals surface area contributed by atoms with Crippen molar-refractivity contribution in [2.24, 2.45) is 5.92 Å². The highest BCUT2D eigenvalue weighted by atomic mass is 16.7. The van der Waals surface area contributed by atoms with E-state index in [0.717, 1.165) is 26.2 Å². The Labute approximate surface area is 105 Å². The maximum Gasteiger partial charge on any atom is 0.0736 e. The smallest absolute Gasteiger partial charge is 0.0736 e. The molecule has 3 nitrogen and oxygen atoms in total. The van der Waals surface area contributed by atoms with Crippen LogP contribution in [-0.2, 0) is 9.57 Å². The van der Waals surface area contributed by atoms with Crippen LogP contribution in [0.25, 0.3) is 0 Å². The molecule has 2 saturated heterocycles. The average Bonchev–Trinajstić information content (AvgIpc) is 2.67. The Morgan fingerprint density at radius 3 is 2.35 bits per heavy atom. The van der Waals surface area contributed by atoms with Crippen molar-refractivity contribution >= 4 is 0 Å². The van der Waals surface area contributed by atoms with E-state index in [4.69, 9.17) is 9.57 Å². The molecule has 0 amide bonds. The van der Waals surface area contributed by atoms with Crippen LogP contribution in [0.2, 0.25) is 0 Å². The maximum absolute atomic E-state index is 6.15. The normalized spacial score (nSPS) is 32.8. The van der Waals surface area contributed by atoms with Gasteiger partial charge in [0.2, 0.25) is 0 Å². The SMILES string of the molecule is CC1(C)CCCC(C)(C)N1OCC1CCOC1. The summed E-state index contributed by atoms with van der Waals surface area (Å²) in [7, 11) is 0.